The van der Waals surface area contributed by atoms with Gasteiger partial charge in [-0.1, -0.05) is 12.8 Å². The van der Waals surface area contributed by atoms with E-state index in [9.17, 15) is 4.79 Å². The van der Waals surface area contributed by atoms with Crippen LogP contribution in [0.1, 0.15) is 25.7 Å². The number of fused-ring (bicyclic) bond motifs is 1. The van der Waals surface area contributed by atoms with Crippen LogP contribution < -0.4 is 10.9 Å². The monoisotopic (exact) mass is 312 g/mol. The Morgan fingerprint density at radius 3 is 2.82 bits per heavy atom. The topological polar surface area (TPSA) is 59.8 Å². The summed E-state index contributed by atoms with van der Waals surface area (Å²) in [6.07, 6.45) is 8.41. The average molecular weight is 312 g/mol. The molecule has 0 unspecified atom stereocenters. The lowest BCUT2D eigenvalue weighted by Crippen LogP contribution is -2.20. The van der Waals surface area contributed by atoms with Crippen molar-refractivity contribution in [2.75, 3.05) is 5.32 Å². The van der Waals surface area contributed by atoms with Crippen LogP contribution in [0.2, 0.25) is 0 Å². The normalized spacial score (nSPS) is 15.5. The number of rotatable bonds is 3. The van der Waals surface area contributed by atoms with Gasteiger partial charge in [0.05, 0.1) is 18.1 Å². The van der Waals surface area contributed by atoms with E-state index in [1.54, 1.807) is 12.4 Å². The highest BCUT2D eigenvalue weighted by molar-refractivity contribution is 7.17. The van der Waals surface area contributed by atoms with Gasteiger partial charge in [-0.2, -0.15) is 9.78 Å². The summed E-state index contributed by atoms with van der Waals surface area (Å²) in [4.78, 5) is 16.8. The molecule has 6 heteroatoms. The maximum Gasteiger partial charge on any atom is 0.289 e. The van der Waals surface area contributed by atoms with Crippen LogP contribution >= 0.6 is 11.3 Å². The Morgan fingerprint density at radius 2 is 2.05 bits per heavy atom. The van der Waals surface area contributed by atoms with E-state index in [1.165, 1.54) is 41.7 Å². The van der Waals surface area contributed by atoms with Crippen molar-refractivity contribution in [1.82, 2.24) is 14.8 Å². The van der Waals surface area contributed by atoms with E-state index in [1.807, 2.05) is 23.6 Å². The lowest BCUT2D eigenvalue weighted by Gasteiger charge is -2.12. The molecule has 112 valence electrons. The lowest BCUT2D eigenvalue weighted by atomic mass is 10.2. The van der Waals surface area contributed by atoms with Gasteiger partial charge in [0, 0.05) is 11.4 Å². The maximum absolute atomic E-state index is 12.4. The Kier molecular flexibility index (Phi) is 3.38. The molecule has 1 aliphatic carbocycles. The van der Waals surface area contributed by atoms with Crippen molar-refractivity contribution < 1.29 is 0 Å². The van der Waals surface area contributed by atoms with Crippen molar-refractivity contribution in [3.05, 3.63) is 46.3 Å². The Labute approximate surface area is 131 Å². The minimum Gasteiger partial charge on any atom is -0.367 e. The Morgan fingerprint density at radius 1 is 1.18 bits per heavy atom. The molecule has 0 amide bonds. The molecular formula is C16H16N4OS. The van der Waals surface area contributed by atoms with Gasteiger partial charge in [0.15, 0.2) is 0 Å². The van der Waals surface area contributed by atoms with Crippen LogP contribution in [-0.4, -0.2) is 20.8 Å². The van der Waals surface area contributed by atoms with E-state index in [4.69, 9.17) is 0 Å². The first kappa shape index (κ1) is 13.5. The second-order valence-corrected chi connectivity index (χ2v) is 6.51. The Bertz CT molecular complexity index is 846. The molecule has 0 atom stereocenters. The molecule has 0 aromatic carbocycles. The van der Waals surface area contributed by atoms with Crippen molar-refractivity contribution in [3.8, 4) is 5.69 Å². The summed E-state index contributed by atoms with van der Waals surface area (Å²) in [7, 11) is 0. The Balaban J connectivity index is 1.63. The van der Waals surface area contributed by atoms with Crippen LogP contribution in [0, 0.1) is 0 Å². The molecule has 1 aliphatic rings. The van der Waals surface area contributed by atoms with Gasteiger partial charge in [-0.05, 0) is 36.4 Å². The molecule has 3 heterocycles. The molecule has 1 saturated carbocycles. The molecule has 3 aromatic rings. The quantitative estimate of drug-likeness (QED) is 0.807. The van der Waals surface area contributed by atoms with Crippen molar-refractivity contribution in [3.63, 3.8) is 0 Å². The highest BCUT2D eigenvalue weighted by atomic mass is 32.1. The highest BCUT2D eigenvalue weighted by Gasteiger charge is 2.15. The fourth-order valence-corrected chi connectivity index (χ4v) is 3.72. The first-order valence-corrected chi connectivity index (χ1v) is 8.38. The fraction of sp³-hybridized carbons (Fsp3) is 0.312. The number of nitrogens with one attached hydrogen (secondary N) is 1. The van der Waals surface area contributed by atoms with Gasteiger partial charge >= 0.3 is 0 Å². The van der Waals surface area contributed by atoms with Crippen molar-refractivity contribution in [2.24, 2.45) is 0 Å². The first-order valence-electron chi connectivity index (χ1n) is 7.50. The number of hydrogen-bond donors (Lipinski definition) is 1. The zero-order valence-electron chi connectivity index (χ0n) is 12.0. The number of nitrogens with zero attached hydrogens (tertiary/aromatic N) is 3. The van der Waals surface area contributed by atoms with Crippen molar-refractivity contribution in [2.45, 2.75) is 31.7 Å². The van der Waals surface area contributed by atoms with E-state index >= 15 is 0 Å². The third kappa shape index (κ3) is 2.39. The highest BCUT2D eigenvalue weighted by Crippen LogP contribution is 2.21. The smallest absolute Gasteiger partial charge is 0.289 e. The van der Waals surface area contributed by atoms with E-state index in [0.717, 1.165) is 15.9 Å². The molecule has 22 heavy (non-hydrogen) atoms. The summed E-state index contributed by atoms with van der Waals surface area (Å²) in [5.74, 6) is 0.862. The van der Waals surface area contributed by atoms with E-state index in [2.05, 4.69) is 15.4 Å². The van der Waals surface area contributed by atoms with Crippen LogP contribution in [0.15, 0.2) is 40.8 Å². The molecule has 0 saturated heterocycles. The van der Waals surface area contributed by atoms with Crippen molar-refractivity contribution >= 4 is 27.2 Å². The van der Waals surface area contributed by atoms with Gasteiger partial charge in [0.1, 0.15) is 10.5 Å². The van der Waals surface area contributed by atoms with Gasteiger partial charge < -0.3 is 5.32 Å². The number of thiophene rings is 1. The number of anilines is 1. The van der Waals surface area contributed by atoms with E-state index in [-0.39, 0.29) is 5.56 Å². The second kappa shape index (κ2) is 5.53. The molecule has 3 aromatic heterocycles. The standard InChI is InChI=1S/C16H16N4OS/c21-16-15-11(7-8-22-15)9-18-20(16)13-5-6-14(17-10-13)19-12-3-1-2-4-12/h5-10,12H,1-4H2,(H,17,19). The van der Waals surface area contributed by atoms with Gasteiger partial charge in [0.2, 0.25) is 0 Å². The number of hydrogen-bond acceptors (Lipinski definition) is 5. The summed E-state index contributed by atoms with van der Waals surface area (Å²) in [5.41, 5.74) is 0.600. The van der Waals surface area contributed by atoms with Crippen LogP contribution in [-0.2, 0) is 0 Å². The average Bonchev–Trinajstić information content (AvgIpc) is 3.20. The minimum absolute atomic E-state index is 0.0918. The number of aromatic nitrogens is 3. The van der Waals surface area contributed by atoms with Crippen molar-refractivity contribution in [1.29, 1.82) is 0 Å². The summed E-state index contributed by atoms with van der Waals surface area (Å²) in [6.45, 7) is 0. The van der Waals surface area contributed by atoms with E-state index in [0.29, 0.717) is 11.7 Å². The minimum atomic E-state index is -0.0918. The fourth-order valence-electron chi connectivity index (χ4n) is 2.92. The molecule has 1 fully saturated rings. The summed E-state index contributed by atoms with van der Waals surface area (Å²) < 4.78 is 2.13. The molecule has 0 spiro atoms. The van der Waals surface area contributed by atoms with E-state index < -0.39 is 0 Å². The zero-order valence-corrected chi connectivity index (χ0v) is 12.8. The molecule has 0 aliphatic heterocycles. The molecule has 0 radical (unpaired) electrons. The first-order chi connectivity index (χ1) is 10.8. The van der Waals surface area contributed by atoms with Crippen LogP contribution in [0.3, 0.4) is 0 Å². The predicted molar refractivity (Wildman–Crippen MR) is 88.9 cm³/mol. The van der Waals surface area contributed by atoms with Gasteiger partial charge in [0.25, 0.3) is 5.56 Å². The number of pyridine rings is 1. The van der Waals surface area contributed by atoms with Gasteiger partial charge in [-0.15, -0.1) is 11.3 Å². The van der Waals surface area contributed by atoms with Crippen LogP contribution in [0.25, 0.3) is 15.8 Å². The third-order valence-corrected chi connectivity index (χ3v) is 5.01. The zero-order chi connectivity index (χ0) is 14.9. The third-order valence-electron chi connectivity index (χ3n) is 4.09. The molecule has 4 rings (SSSR count). The SMILES string of the molecule is O=c1c2sccc2cnn1-c1ccc(NC2CCCC2)nc1. The molecule has 1 N–H and O–H groups in total. The molecule has 5 nitrogen and oxygen atoms in total. The second-order valence-electron chi connectivity index (χ2n) is 5.59. The Hall–Kier alpha value is -2.21. The van der Waals surface area contributed by atoms with Crippen LogP contribution in [0.4, 0.5) is 5.82 Å². The predicted octanol–water partition coefficient (Wildman–Crippen LogP) is 3.20. The summed E-state index contributed by atoms with van der Waals surface area (Å²) >= 11 is 1.44. The maximum atomic E-state index is 12.4. The molecular weight excluding hydrogens is 296 g/mol. The van der Waals surface area contributed by atoms with Gasteiger partial charge in [-0.25, -0.2) is 4.98 Å². The summed E-state index contributed by atoms with van der Waals surface area (Å²) in [5, 5.41) is 10.5. The molecule has 0 bridgehead atoms. The lowest BCUT2D eigenvalue weighted by molar-refractivity contribution is 0.749. The largest absolute Gasteiger partial charge is 0.367 e. The van der Waals surface area contributed by atoms with Crippen LogP contribution in [0.5, 0.6) is 0 Å². The summed E-state index contributed by atoms with van der Waals surface area (Å²) in [6, 6.07) is 6.24. The van der Waals surface area contributed by atoms with Gasteiger partial charge in [-0.3, -0.25) is 4.79 Å².